The third-order valence-electron chi connectivity index (χ3n) is 5.96. The van der Waals surface area contributed by atoms with Crippen molar-refractivity contribution in [2.75, 3.05) is 12.4 Å². The largest absolute Gasteiger partial charge is 0.493 e. The van der Waals surface area contributed by atoms with Crippen LogP contribution < -0.4 is 14.8 Å². The number of aryl methyl sites for hydroxylation is 2. The van der Waals surface area contributed by atoms with Gasteiger partial charge in [-0.05, 0) is 81.5 Å². The van der Waals surface area contributed by atoms with Crippen LogP contribution in [0, 0.1) is 25.2 Å². The van der Waals surface area contributed by atoms with E-state index in [1.807, 2.05) is 43.3 Å². The van der Waals surface area contributed by atoms with Crippen molar-refractivity contribution in [2.24, 2.45) is 0 Å². The molecule has 0 spiro atoms. The third kappa shape index (κ3) is 5.42. The van der Waals surface area contributed by atoms with Crippen molar-refractivity contribution in [1.82, 2.24) is 0 Å². The Hall–Kier alpha value is -4.08. The van der Waals surface area contributed by atoms with Crippen LogP contribution in [-0.4, -0.2) is 13.0 Å². The zero-order chi connectivity index (χ0) is 25.7. The number of carbonyl (C=O) groups is 1. The quantitative estimate of drug-likeness (QED) is 0.196. The summed E-state index contributed by atoms with van der Waals surface area (Å²) in [6, 6.07) is 25.4. The minimum absolute atomic E-state index is 0.0211. The van der Waals surface area contributed by atoms with Crippen LogP contribution in [0.1, 0.15) is 22.3 Å². The SMILES string of the molecule is COc1cc(/C=C(\C#N)C(=O)Nc2ccccc2C)cc(Br)c1OCc1c(C)ccc2ccccc12. The van der Waals surface area contributed by atoms with E-state index in [1.54, 1.807) is 25.3 Å². The van der Waals surface area contributed by atoms with E-state index in [1.165, 1.54) is 6.08 Å². The standard InChI is InChI=1S/C30H25BrN2O3/c1-19-12-13-22-9-5-6-10-24(22)25(19)18-36-29-26(31)15-21(16-28(29)35-3)14-23(17-32)30(34)33-27-11-7-4-8-20(27)2/h4-16H,18H2,1-3H3,(H,33,34)/b23-14+. The first kappa shape index (κ1) is 25.0. The van der Waals surface area contributed by atoms with Crippen LogP contribution >= 0.6 is 15.9 Å². The predicted octanol–water partition coefficient (Wildman–Crippen LogP) is 7.35. The topological polar surface area (TPSA) is 71.3 Å². The Morgan fingerprint density at radius 1 is 1.03 bits per heavy atom. The molecule has 0 saturated carbocycles. The number of anilines is 1. The number of fused-ring (bicyclic) bond motifs is 1. The van der Waals surface area contributed by atoms with Crippen LogP contribution in [-0.2, 0) is 11.4 Å². The van der Waals surface area contributed by atoms with Gasteiger partial charge in [0.2, 0.25) is 0 Å². The summed E-state index contributed by atoms with van der Waals surface area (Å²) in [6.45, 7) is 4.32. The fourth-order valence-corrected chi connectivity index (χ4v) is 4.54. The summed E-state index contributed by atoms with van der Waals surface area (Å²) in [4.78, 5) is 12.7. The second-order valence-electron chi connectivity index (χ2n) is 8.34. The predicted molar refractivity (Wildman–Crippen MR) is 147 cm³/mol. The molecule has 0 radical (unpaired) electrons. The summed E-state index contributed by atoms with van der Waals surface area (Å²) in [7, 11) is 1.56. The maximum absolute atomic E-state index is 12.7. The number of amides is 1. The summed E-state index contributed by atoms with van der Waals surface area (Å²) < 4.78 is 12.5. The Morgan fingerprint density at radius 3 is 2.53 bits per heavy atom. The maximum atomic E-state index is 12.7. The Kier molecular flexibility index (Phi) is 7.72. The van der Waals surface area contributed by atoms with Crippen molar-refractivity contribution in [3.05, 3.63) is 105 Å². The van der Waals surface area contributed by atoms with Gasteiger partial charge in [-0.15, -0.1) is 0 Å². The molecule has 6 heteroatoms. The molecule has 1 amide bonds. The lowest BCUT2D eigenvalue weighted by Gasteiger charge is -2.16. The number of hydrogen-bond acceptors (Lipinski definition) is 4. The average Bonchev–Trinajstić information content (AvgIpc) is 2.88. The van der Waals surface area contributed by atoms with Crippen molar-refractivity contribution >= 4 is 44.4 Å². The smallest absolute Gasteiger partial charge is 0.266 e. The molecule has 0 aliphatic carbocycles. The number of nitriles is 1. The summed E-state index contributed by atoms with van der Waals surface area (Å²) in [5.74, 6) is 0.559. The summed E-state index contributed by atoms with van der Waals surface area (Å²) in [6.07, 6.45) is 1.53. The van der Waals surface area contributed by atoms with Crippen LogP contribution in [0.3, 0.4) is 0 Å². The minimum atomic E-state index is -0.478. The molecule has 0 aliphatic rings. The van der Waals surface area contributed by atoms with Crippen LogP contribution in [0.2, 0.25) is 0 Å². The molecule has 4 aromatic carbocycles. The van der Waals surface area contributed by atoms with Crippen molar-refractivity contribution in [1.29, 1.82) is 5.26 Å². The molecule has 0 saturated heterocycles. The molecular formula is C30H25BrN2O3. The highest BCUT2D eigenvalue weighted by molar-refractivity contribution is 9.10. The van der Waals surface area contributed by atoms with Gasteiger partial charge in [-0.1, -0.05) is 54.6 Å². The van der Waals surface area contributed by atoms with E-state index < -0.39 is 5.91 Å². The van der Waals surface area contributed by atoms with Gasteiger partial charge >= 0.3 is 0 Å². The van der Waals surface area contributed by atoms with Gasteiger partial charge in [0, 0.05) is 11.3 Å². The molecule has 5 nitrogen and oxygen atoms in total. The Morgan fingerprint density at radius 2 is 1.78 bits per heavy atom. The van der Waals surface area contributed by atoms with Gasteiger partial charge in [-0.25, -0.2) is 0 Å². The zero-order valence-corrected chi connectivity index (χ0v) is 21.8. The number of nitrogens with zero attached hydrogens (tertiary/aromatic N) is 1. The zero-order valence-electron chi connectivity index (χ0n) is 20.3. The molecule has 1 N–H and O–H groups in total. The number of ether oxygens (including phenoxy) is 2. The molecule has 180 valence electrons. The lowest BCUT2D eigenvalue weighted by Crippen LogP contribution is -2.14. The van der Waals surface area contributed by atoms with Crippen molar-refractivity contribution < 1.29 is 14.3 Å². The molecule has 0 atom stereocenters. The molecule has 0 fully saturated rings. The first-order valence-electron chi connectivity index (χ1n) is 11.4. The summed E-state index contributed by atoms with van der Waals surface area (Å²) >= 11 is 3.58. The monoisotopic (exact) mass is 540 g/mol. The second kappa shape index (κ2) is 11.1. The lowest BCUT2D eigenvalue weighted by molar-refractivity contribution is -0.112. The van der Waals surface area contributed by atoms with E-state index in [-0.39, 0.29) is 5.57 Å². The van der Waals surface area contributed by atoms with Gasteiger partial charge in [-0.2, -0.15) is 5.26 Å². The van der Waals surface area contributed by atoms with Gasteiger partial charge in [-0.3, -0.25) is 4.79 Å². The van der Waals surface area contributed by atoms with E-state index in [9.17, 15) is 10.1 Å². The Bertz CT molecular complexity index is 1520. The molecule has 0 aromatic heterocycles. The normalized spacial score (nSPS) is 11.1. The molecule has 36 heavy (non-hydrogen) atoms. The van der Waals surface area contributed by atoms with Crippen molar-refractivity contribution in [2.45, 2.75) is 20.5 Å². The van der Waals surface area contributed by atoms with Gasteiger partial charge in [0.15, 0.2) is 11.5 Å². The maximum Gasteiger partial charge on any atom is 0.266 e. The highest BCUT2D eigenvalue weighted by atomic mass is 79.9. The van der Waals surface area contributed by atoms with Gasteiger partial charge < -0.3 is 14.8 Å². The van der Waals surface area contributed by atoms with Crippen LogP contribution in [0.5, 0.6) is 11.5 Å². The first-order valence-corrected chi connectivity index (χ1v) is 12.2. The van der Waals surface area contributed by atoms with Crippen molar-refractivity contribution in [3.63, 3.8) is 0 Å². The number of benzene rings is 4. The van der Waals surface area contributed by atoms with Crippen LogP contribution in [0.25, 0.3) is 16.8 Å². The minimum Gasteiger partial charge on any atom is -0.493 e. The number of halogens is 1. The average molecular weight is 541 g/mol. The van der Waals surface area contributed by atoms with E-state index in [0.717, 1.165) is 27.5 Å². The van der Waals surface area contributed by atoms with Gasteiger partial charge in [0.05, 0.1) is 11.6 Å². The lowest BCUT2D eigenvalue weighted by atomic mass is 10.0. The van der Waals surface area contributed by atoms with Crippen LogP contribution in [0.4, 0.5) is 5.69 Å². The fourth-order valence-electron chi connectivity index (χ4n) is 3.96. The van der Waals surface area contributed by atoms with E-state index >= 15 is 0 Å². The van der Waals surface area contributed by atoms with E-state index in [4.69, 9.17) is 9.47 Å². The number of rotatable bonds is 7. The van der Waals surface area contributed by atoms with E-state index in [0.29, 0.717) is 33.8 Å². The number of nitrogens with one attached hydrogen (secondary N) is 1. The van der Waals surface area contributed by atoms with Crippen molar-refractivity contribution in [3.8, 4) is 17.6 Å². The number of hydrogen-bond donors (Lipinski definition) is 1. The molecule has 0 bridgehead atoms. The third-order valence-corrected chi connectivity index (χ3v) is 6.55. The molecular weight excluding hydrogens is 516 g/mol. The summed E-state index contributed by atoms with van der Waals surface area (Å²) in [5.41, 5.74) is 4.42. The van der Waals surface area contributed by atoms with E-state index in [2.05, 4.69) is 52.4 Å². The number of methoxy groups -OCH3 is 1. The highest BCUT2D eigenvalue weighted by Crippen LogP contribution is 2.38. The molecule has 4 rings (SSSR count). The first-order chi connectivity index (χ1) is 17.4. The highest BCUT2D eigenvalue weighted by Gasteiger charge is 2.16. The van der Waals surface area contributed by atoms with Gasteiger partial charge in [0.25, 0.3) is 5.91 Å². The molecule has 4 aromatic rings. The summed E-state index contributed by atoms with van der Waals surface area (Å²) in [5, 5.41) is 14.7. The number of carbonyl (C=O) groups excluding carboxylic acids is 1. The second-order valence-corrected chi connectivity index (χ2v) is 9.20. The molecule has 0 heterocycles. The fraction of sp³-hybridized carbons (Fsp3) is 0.133. The molecule has 0 aliphatic heterocycles. The number of para-hydroxylation sites is 1. The molecule has 0 unspecified atom stereocenters. The van der Waals surface area contributed by atoms with Crippen LogP contribution in [0.15, 0.2) is 82.8 Å². The van der Waals surface area contributed by atoms with Gasteiger partial charge in [0.1, 0.15) is 18.2 Å². The Labute approximate surface area is 219 Å². The Balaban J connectivity index is 1.60.